The van der Waals surface area contributed by atoms with Gasteiger partial charge in [-0.2, -0.15) is 5.10 Å². The Morgan fingerprint density at radius 1 is 1.41 bits per heavy atom. The fraction of sp³-hybridized carbons (Fsp3) is 0.250. The lowest BCUT2D eigenvalue weighted by molar-refractivity contribution is 0.168. The molecule has 0 spiro atoms. The van der Waals surface area contributed by atoms with E-state index >= 15 is 0 Å². The molecule has 0 amide bonds. The van der Waals surface area contributed by atoms with Crippen molar-refractivity contribution >= 4 is 0 Å². The van der Waals surface area contributed by atoms with Gasteiger partial charge in [-0.1, -0.05) is 6.07 Å². The summed E-state index contributed by atoms with van der Waals surface area (Å²) in [5, 5.41) is 22.5. The van der Waals surface area contributed by atoms with Gasteiger partial charge in [-0.15, -0.1) is 0 Å². The van der Waals surface area contributed by atoms with Crippen molar-refractivity contribution in [3.05, 3.63) is 36.7 Å². The molecule has 0 fully saturated rings. The number of rotatable bonds is 4. The molecule has 0 bridgehead atoms. The molecule has 1 aromatic heterocycles. The maximum Gasteiger partial charge on any atom is 0.165 e. The second kappa shape index (κ2) is 4.88. The number of benzene rings is 1. The summed E-state index contributed by atoms with van der Waals surface area (Å²) in [5.74, 6) is 1.26. The highest BCUT2D eigenvalue weighted by molar-refractivity contribution is 5.34. The minimum atomic E-state index is -0.455. The van der Waals surface area contributed by atoms with E-state index in [-0.39, 0.29) is 5.75 Å². The number of aliphatic hydroxyl groups is 1. The number of ether oxygens (including phenoxy) is 1. The van der Waals surface area contributed by atoms with Crippen molar-refractivity contribution in [2.45, 2.75) is 19.6 Å². The SMILES string of the molecule is CC(O)Cn1cc(Oc2cccc(O)c2)cn1. The lowest BCUT2D eigenvalue weighted by atomic mass is 10.3. The Hall–Kier alpha value is -2.01. The molecule has 0 aliphatic heterocycles. The van der Waals surface area contributed by atoms with Crippen LogP contribution in [0.3, 0.4) is 0 Å². The molecule has 1 heterocycles. The first-order valence-corrected chi connectivity index (χ1v) is 5.31. The van der Waals surface area contributed by atoms with E-state index in [1.807, 2.05) is 0 Å². The van der Waals surface area contributed by atoms with Gasteiger partial charge in [-0.25, -0.2) is 0 Å². The number of hydrogen-bond acceptors (Lipinski definition) is 4. The smallest absolute Gasteiger partial charge is 0.165 e. The fourth-order valence-corrected chi connectivity index (χ4v) is 1.45. The maximum absolute atomic E-state index is 9.28. The van der Waals surface area contributed by atoms with Gasteiger partial charge >= 0.3 is 0 Å². The van der Waals surface area contributed by atoms with Crippen LogP contribution in [0.1, 0.15) is 6.92 Å². The van der Waals surface area contributed by atoms with Crippen LogP contribution in [0.2, 0.25) is 0 Å². The van der Waals surface area contributed by atoms with E-state index in [1.165, 1.54) is 6.07 Å². The monoisotopic (exact) mass is 234 g/mol. The Labute approximate surface area is 98.9 Å². The summed E-state index contributed by atoms with van der Waals surface area (Å²) in [4.78, 5) is 0. The average molecular weight is 234 g/mol. The summed E-state index contributed by atoms with van der Waals surface area (Å²) in [7, 11) is 0. The van der Waals surface area contributed by atoms with Crippen LogP contribution in [0.5, 0.6) is 17.2 Å². The maximum atomic E-state index is 9.28. The minimum Gasteiger partial charge on any atom is -0.508 e. The average Bonchev–Trinajstić information content (AvgIpc) is 2.64. The zero-order valence-corrected chi connectivity index (χ0v) is 9.45. The zero-order valence-electron chi connectivity index (χ0n) is 9.45. The van der Waals surface area contributed by atoms with Gasteiger partial charge in [0.15, 0.2) is 5.75 Å². The van der Waals surface area contributed by atoms with E-state index in [1.54, 1.807) is 42.2 Å². The lowest BCUT2D eigenvalue weighted by Crippen LogP contribution is -2.11. The van der Waals surface area contributed by atoms with Crippen molar-refractivity contribution in [2.75, 3.05) is 0 Å². The number of aromatic hydroxyl groups is 1. The zero-order chi connectivity index (χ0) is 12.3. The molecule has 1 unspecified atom stereocenters. The Kier molecular flexibility index (Phi) is 3.30. The largest absolute Gasteiger partial charge is 0.508 e. The van der Waals surface area contributed by atoms with Gasteiger partial charge in [-0.05, 0) is 19.1 Å². The molecule has 2 N–H and O–H groups in total. The normalized spacial score (nSPS) is 12.4. The second-order valence-corrected chi connectivity index (χ2v) is 3.85. The highest BCUT2D eigenvalue weighted by Gasteiger charge is 2.04. The van der Waals surface area contributed by atoms with Gasteiger partial charge in [0, 0.05) is 6.07 Å². The van der Waals surface area contributed by atoms with Crippen LogP contribution in [-0.2, 0) is 6.54 Å². The van der Waals surface area contributed by atoms with Gasteiger partial charge in [-0.3, -0.25) is 4.68 Å². The summed E-state index contributed by atoms with van der Waals surface area (Å²) < 4.78 is 7.10. The lowest BCUT2D eigenvalue weighted by Gasteiger charge is -2.04. The molecule has 2 aromatic rings. The van der Waals surface area contributed by atoms with Crippen molar-refractivity contribution in [1.82, 2.24) is 9.78 Å². The predicted octanol–water partition coefficient (Wildman–Crippen LogP) is 1.76. The van der Waals surface area contributed by atoms with Gasteiger partial charge in [0.2, 0.25) is 0 Å². The number of hydrogen-bond donors (Lipinski definition) is 2. The quantitative estimate of drug-likeness (QED) is 0.845. The molecule has 0 saturated heterocycles. The van der Waals surface area contributed by atoms with Crippen molar-refractivity contribution in [2.24, 2.45) is 0 Å². The Bertz CT molecular complexity index is 494. The molecule has 1 atom stereocenters. The minimum absolute atomic E-state index is 0.152. The van der Waals surface area contributed by atoms with Crippen molar-refractivity contribution in [3.8, 4) is 17.2 Å². The van der Waals surface area contributed by atoms with Crippen LogP contribution >= 0.6 is 0 Å². The van der Waals surface area contributed by atoms with Crippen LogP contribution in [-0.4, -0.2) is 26.1 Å². The van der Waals surface area contributed by atoms with Gasteiger partial charge in [0.25, 0.3) is 0 Å². The molecule has 90 valence electrons. The Morgan fingerprint density at radius 2 is 2.24 bits per heavy atom. The molecule has 5 heteroatoms. The Balaban J connectivity index is 2.06. The van der Waals surface area contributed by atoms with Crippen LogP contribution < -0.4 is 4.74 Å². The van der Waals surface area contributed by atoms with Crippen LogP contribution in [0.4, 0.5) is 0 Å². The van der Waals surface area contributed by atoms with E-state index in [0.717, 1.165) is 0 Å². The molecule has 0 saturated carbocycles. The first-order chi connectivity index (χ1) is 8.13. The molecular formula is C12H14N2O3. The van der Waals surface area contributed by atoms with Gasteiger partial charge in [0.1, 0.15) is 11.5 Å². The topological polar surface area (TPSA) is 67.5 Å². The molecular weight excluding hydrogens is 220 g/mol. The van der Waals surface area contributed by atoms with E-state index < -0.39 is 6.10 Å². The summed E-state index contributed by atoms with van der Waals surface area (Å²) >= 11 is 0. The molecule has 1 aromatic carbocycles. The van der Waals surface area contributed by atoms with Gasteiger partial charge in [0.05, 0.1) is 25.0 Å². The van der Waals surface area contributed by atoms with Crippen LogP contribution in [0.25, 0.3) is 0 Å². The molecule has 5 nitrogen and oxygen atoms in total. The number of nitrogens with zero attached hydrogens (tertiary/aromatic N) is 2. The summed E-state index contributed by atoms with van der Waals surface area (Å²) in [6.07, 6.45) is 2.80. The number of aliphatic hydroxyl groups excluding tert-OH is 1. The van der Waals surface area contributed by atoms with Crippen molar-refractivity contribution in [1.29, 1.82) is 0 Å². The van der Waals surface area contributed by atoms with Crippen LogP contribution in [0.15, 0.2) is 36.7 Å². The van der Waals surface area contributed by atoms with Crippen LogP contribution in [0, 0.1) is 0 Å². The van der Waals surface area contributed by atoms with E-state index in [4.69, 9.17) is 4.74 Å². The third-order valence-corrected chi connectivity index (χ3v) is 2.11. The first kappa shape index (κ1) is 11.5. The standard InChI is InChI=1S/C12H14N2O3/c1-9(15)7-14-8-12(6-13-14)17-11-4-2-3-10(16)5-11/h2-6,8-9,15-16H,7H2,1H3. The summed E-state index contributed by atoms with van der Waals surface area (Å²) in [6, 6.07) is 6.53. The summed E-state index contributed by atoms with van der Waals surface area (Å²) in [6.45, 7) is 2.11. The molecule has 0 aliphatic rings. The third-order valence-electron chi connectivity index (χ3n) is 2.11. The summed E-state index contributed by atoms with van der Waals surface area (Å²) in [5.41, 5.74) is 0. The third kappa shape index (κ3) is 3.22. The fourth-order valence-electron chi connectivity index (χ4n) is 1.45. The predicted molar refractivity (Wildman–Crippen MR) is 62.1 cm³/mol. The second-order valence-electron chi connectivity index (χ2n) is 3.85. The molecule has 0 radical (unpaired) electrons. The van der Waals surface area contributed by atoms with E-state index in [0.29, 0.717) is 18.0 Å². The number of phenols is 1. The van der Waals surface area contributed by atoms with Gasteiger partial charge < -0.3 is 14.9 Å². The highest BCUT2D eigenvalue weighted by atomic mass is 16.5. The van der Waals surface area contributed by atoms with E-state index in [9.17, 15) is 10.2 Å². The molecule has 2 rings (SSSR count). The number of aromatic nitrogens is 2. The number of phenolic OH excluding ortho intramolecular Hbond substituents is 1. The Morgan fingerprint density at radius 3 is 2.94 bits per heavy atom. The molecule has 0 aliphatic carbocycles. The van der Waals surface area contributed by atoms with E-state index in [2.05, 4.69) is 5.10 Å². The highest BCUT2D eigenvalue weighted by Crippen LogP contribution is 2.23. The molecule has 17 heavy (non-hydrogen) atoms. The first-order valence-electron chi connectivity index (χ1n) is 5.31. The van der Waals surface area contributed by atoms with Crippen molar-refractivity contribution < 1.29 is 14.9 Å². The van der Waals surface area contributed by atoms with Crippen molar-refractivity contribution in [3.63, 3.8) is 0 Å².